The fraction of sp³-hybridized carbons (Fsp3) is 0.524. The summed E-state index contributed by atoms with van der Waals surface area (Å²) in [7, 11) is 3.72. The van der Waals surface area contributed by atoms with Crippen molar-refractivity contribution in [2.45, 2.75) is 52.5 Å². The minimum absolute atomic E-state index is 0. The van der Waals surface area contributed by atoms with E-state index >= 15 is 0 Å². The average Bonchev–Trinajstić information content (AvgIpc) is 2.85. The first-order chi connectivity index (χ1) is 12.7. The van der Waals surface area contributed by atoms with Gasteiger partial charge in [0, 0.05) is 37.8 Å². The standard InChI is InChI=1S/C21H32FN5.HI/c1-14(12-17-15(2)26-27(7)16(17)3)25-20(23-6)24-13-21(4,5)18-10-8-9-11-19(18)22;/h8-11,14H,12-13H2,1-7H3,(H2,23,24,25);1H. The molecule has 0 fully saturated rings. The van der Waals surface area contributed by atoms with Crippen LogP contribution in [0.15, 0.2) is 29.3 Å². The Morgan fingerprint density at radius 3 is 2.46 bits per heavy atom. The molecule has 0 saturated carbocycles. The number of benzene rings is 1. The quantitative estimate of drug-likeness (QED) is 0.359. The lowest BCUT2D eigenvalue weighted by atomic mass is 9.84. The molecule has 0 saturated heterocycles. The Bertz CT molecular complexity index is 813. The third-order valence-corrected chi connectivity index (χ3v) is 5.08. The highest BCUT2D eigenvalue weighted by Gasteiger charge is 2.24. The summed E-state index contributed by atoms with van der Waals surface area (Å²) in [5, 5.41) is 11.2. The predicted octanol–water partition coefficient (Wildman–Crippen LogP) is 3.87. The number of aromatic nitrogens is 2. The van der Waals surface area contributed by atoms with Gasteiger partial charge in [0.1, 0.15) is 5.82 Å². The minimum atomic E-state index is -0.358. The molecule has 0 aliphatic heterocycles. The second kappa shape index (κ2) is 10.2. The van der Waals surface area contributed by atoms with E-state index in [2.05, 4.69) is 34.6 Å². The van der Waals surface area contributed by atoms with Gasteiger partial charge < -0.3 is 10.6 Å². The third kappa shape index (κ3) is 5.93. The van der Waals surface area contributed by atoms with Crippen molar-refractivity contribution in [2.24, 2.45) is 12.0 Å². The van der Waals surface area contributed by atoms with Crippen LogP contribution in [0.25, 0.3) is 0 Å². The number of rotatable bonds is 6. The van der Waals surface area contributed by atoms with Gasteiger partial charge in [0.2, 0.25) is 0 Å². The fourth-order valence-electron chi connectivity index (χ4n) is 3.31. The zero-order valence-corrected chi connectivity index (χ0v) is 20.3. The lowest BCUT2D eigenvalue weighted by Gasteiger charge is -2.28. The molecular weight excluding hydrogens is 468 g/mol. The summed E-state index contributed by atoms with van der Waals surface area (Å²) in [6.45, 7) is 10.9. The van der Waals surface area contributed by atoms with Crippen LogP contribution in [0.1, 0.15) is 43.3 Å². The molecule has 0 radical (unpaired) electrons. The first-order valence-electron chi connectivity index (χ1n) is 9.37. The summed E-state index contributed by atoms with van der Waals surface area (Å²) < 4.78 is 16.1. The van der Waals surface area contributed by atoms with Gasteiger partial charge in [-0.3, -0.25) is 9.67 Å². The van der Waals surface area contributed by atoms with Crippen molar-refractivity contribution in [3.63, 3.8) is 0 Å². The minimum Gasteiger partial charge on any atom is -0.356 e. The maximum absolute atomic E-state index is 14.1. The van der Waals surface area contributed by atoms with E-state index in [1.54, 1.807) is 13.1 Å². The number of guanidine groups is 1. The number of aliphatic imine (C=N–C) groups is 1. The summed E-state index contributed by atoms with van der Waals surface area (Å²) in [4.78, 5) is 4.32. The highest BCUT2D eigenvalue weighted by Crippen LogP contribution is 2.24. The summed E-state index contributed by atoms with van der Waals surface area (Å²) in [6.07, 6.45) is 0.864. The lowest BCUT2D eigenvalue weighted by molar-refractivity contribution is 0.471. The molecule has 1 unspecified atom stereocenters. The summed E-state index contributed by atoms with van der Waals surface area (Å²) >= 11 is 0. The Labute approximate surface area is 185 Å². The molecule has 1 aromatic carbocycles. The fourth-order valence-corrected chi connectivity index (χ4v) is 3.31. The zero-order chi connectivity index (χ0) is 20.2. The van der Waals surface area contributed by atoms with Crippen molar-refractivity contribution in [1.82, 2.24) is 20.4 Å². The molecule has 156 valence electrons. The molecule has 0 aliphatic rings. The molecule has 0 bridgehead atoms. The van der Waals surface area contributed by atoms with Crippen molar-refractivity contribution in [3.05, 3.63) is 52.6 Å². The molecule has 0 spiro atoms. The molecule has 1 aromatic heterocycles. The van der Waals surface area contributed by atoms with Crippen LogP contribution >= 0.6 is 24.0 Å². The van der Waals surface area contributed by atoms with E-state index in [4.69, 9.17) is 0 Å². The van der Waals surface area contributed by atoms with Gasteiger partial charge in [-0.05, 0) is 44.4 Å². The van der Waals surface area contributed by atoms with Crippen LogP contribution in [0.5, 0.6) is 0 Å². The van der Waals surface area contributed by atoms with E-state index in [1.165, 1.54) is 17.3 Å². The second-order valence-electron chi connectivity index (χ2n) is 7.81. The molecule has 28 heavy (non-hydrogen) atoms. The molecule has 2 rings (SSSR count). The van der Waals surface area contributed by atoms with Gasteiger partial charge in [-0.1, -0.05) is 32.0 Å². The molecule has 7 heteroatoms. The SMILES string of the molecule is CN=C(NCC(C)(C)c1ccccc1F)NC(C)Cc1c(C)nn(C)c1C.I. The molecule has 5 nitrogen and oxygen atoms in total. The Balaban J connectivity index is 0.00000392. The molecule has 0 aliphatic carbocycles. The van der Waals surface area contributed by atoms with Gasteiger partial charge >= 0.3 is 0 Å². The number of nitrogens with zero attached hydrogens (tertiary/aromatic N) is 3. The van der Waals surface area contributed by atoms with Crippen molar-refractivity contribution in [1.29, 1.82) is 0 Å². The Hall–Kier alpha value is -1.64. The second-order valence-corrected chi connectivity index (χ2v) is 7.81. The maximum Gasteiger partial charge on any atom is 0.191 e. The molecule has 2 aromatic rings. The van der Waals surface area contributed by atoms with Gasteiger partial charge in [-0.2, -0.15) is 5.10 Å². The van der Waals surface area contributed by atoms with Crippen molar-refractivity contribution < 1.29 is 4.39 Å². The Morgan fingerprint density at radius 1 is 1.29 bits per heavy atom. The van der Waals surface area contributed by atoms with E-state index in [1.807, 2.05) is 44.6 Å². The molecule has 0 amide bonds. The maximum atomic E-state index is 14.1. The largest absolute Gasteiger partial charge is 0.356 e. The Kier molecular flexibility index (Phi) is 8.91. The van der Waals surface area contributed by atoms with Gasteiger partial charge in [0.25, 0.3) is 0 Å². The summed E-state index contributed by atoms with van der Waals surface area (Å²) in [5.74, 6) is 0.536. The number of aryl methyl sites for hydroxylation is 2. The van der Waals surface area contributed by atoms with Gasteiger partial charge in [0.15, 0.2) is 5.96 Å². The van der Waals surface area contributed by atoms with Gasteiger partial charge in [-0.25, -0.2) is 4.39 Å². The zero-order valence-electron chi connectivity index (χ0n) is 17.9. The highest BCUT2D eigenvalue weighted by molar-refractivity contribution is 14.0. The summed E-state index contributed by atoms with van der Waals surface area (Å²) in [5.41, 5.74) is 3.85. The highest BCUT2D eigenvalue weighted by atomic mass is 127. The molecule has 1 heterocycles. The third-order valence-electron chi connectivity index (χ3n) is 5.08. The molecule has 2 N–H and O–H groups in total. The van der Waals surface area contributed by atoms with Crippen molar-refractivity contribution >= 4 is 29.9 Å². The van der Waals surface area contributed by atoms with Crippen LogP contribution in [-0.2, 0) is 18.9 Å². The van der Waals surface area contributed by atoms with Gasteiger partial charge in [0.05, 0.1) is 5.69 Å². The van der Waals surface area contributed by atoms with E-state index < -0.39 is 0 Å². The van der Waals surface area contributed by atoms with E-state index in [0.29, 0.717) is 18.1 Å². The van der Waals surface area contributed by atoms with Crippen LogP contribution in [-0.4, -0.2) is 35.4 Å². The number of hydrogen-bond acceptors (Lipinski definition) is 2. The smallest absolute Gasteiger partial charge is 0.191 e. The average molecular weight is 501 g/mol. The lowest BCUT2D eigenvalue weighted by Crippen LogP contribution is -2.47. The van der Waals surface area contributed by atoms with Crippen LogP contribution in [0, 0.1) is 19.7 Å². The first-order valence-corrected chi connectivity index (χ1v) is 9.37. The topological polar surface area (TPSA) is 54.2 Å². The number of nitrogens with one attached hydrogen (secondary N) is 2. The van der Waals surface area contributed by atoms with Crippen LogP contribution in [0.3, 0.4) is 0 Å². The molecular formula is C21H33FIN5. The number of hydrogen-bond donors (Lipinski definition) is 2. The molecule has 1 atom stereocenters. The van der Waals surface area contributed by atoms with Crippen molar-refractivity contribution in [3.8, 4) is 0 Å². The first kappa shape index (κ1) is 24.4. The van der Waals surface area contributed by atoms with E-state index in [0.717, 1.165) is 12.1 Å². The van der Waals surface area contributed by atoms with Crippen molar-refractivity contribution in [2.75, 3.05) is 13.6 Å². The van der Waals surface area contributed by atoms with Crippen LogP contribution in [0.2, 0.25) is 0 Å². The predicted molar refractivity (Wildman–Crippen MR) is 125 cm³/mol. The van der Waals surface area contributed by atoms with Gasteiger partial charge in [-0.15, -0.1) is 24.0 Å². The Morgan fingerprint density at radius 2 is 1.93 bits per heavy atom. The summed E-state index contributed by atoms with van der Waals surface area (Å²) in [6, 6.07) is 7.12. The number of halogens is 2. The van der Waals surface area contributed by atoms with Crippen LogP contribution < -0.4 is 10.6 Å². The normalized spacial score (nSPS) is 13.1. The van der Waals surface area contributed by atoms with E-state index in [9.17, 15) is 4.39 Å². The van der Waals surface area contributed by atoms with Crippen LogP contribution in [0.4, 0.5) is 4.39 Å². The van der Waals surface area contributed by atoms with E-state index in [-0.39, 0.29) is 41.3 Å². The monoisotopic (exact) mass is 501 g/mol.